The number of fused-ring (bicyclic) bond motifs is 1. The number of hydrogen-bond donors (Lipinski definition) is 1. The van der Waals surface area contributed by atoms with Crippen LogP contribution in [0.4, 0.5) is 0 Å². The van der Waals surface area contributed by atoms with E-state index in [0.717, 1.165) is 10.5 Å². The minimum absolute atomic E-state index is 0.213. The lowest BCUT2D eigenvalue weighted by atomic mass is 9.78. The highest BCUT2D eigenvalue weighted by Crippen LogP contribution is 2.50. The molecular weight excluding hydrogens is 336 g/mol. The number of amides is 2. The van der Waals surface area contributed by atoms with Gasteiger partial charge < -0.3 is 9.47 Å². The molecule has 1 aromatic rings. The third-order valence-corrected chi connectivity index (χ3v) is 5.55. The van der Waals surface area contributed by atoms with Crippen LogP contribution in [-0.2, 0) is 19.1 Å². The number of imide groups is 1. The van der Waals surface area contributed by atoms with Crippen molar-refractivity contribution in [2.24, 2.45) is 11.8 Å². The molecule has 1 N–H and O–H groups in total. The predicted octanol–water partition coefficient (Wildman–Crippen LogP) is 1.28. The molecule has 2 heterocycles. The Kier molecular flexibility index (Phi) is 4.75. The minimum Gasteiger partial charge on any atom is -0.497 e. The molecule has 26 heavy (non-hydrogen) atoms. The molecule has 0 saturated carbocycles. The van der Waals surface area contributed by atoms with Gasteiger partial charge in [-0.05, 0) is 31.0 Å². The number of likely N-dealkylation sites (tertiary alicyclic amines) is 1. The van der Waals surface area contributed by atoms with Gasteiger partial charge >= 0.3 is 5.97 Å². The van der Waals surface area contributed by atoms with Crippen LogP contribution in [0.25, 0.3) is 0 Å². The van der Waals surface area contributed by atoms with Gasteiger partial charge in [-0.3, -0.25) is 24.6 Å². The molecule has 1 aromatic carbocycles. The third-order valence-electron chi connectivity index (χ3n) is 5.55. The van der Waals surface area contributed by atoms with Gasteiger partial charge in [-0.2, -0.15) is 0 Å². The molecule has 0 aliphatic carbocycles. The highest BCUT2D eigenvalue weighted by molar-refractivity contribution is 6.09. The first-order chi connectivity index (χ1) is 12.4. The van der Waals surface area contributed by atoms with Gasteiger partial charge in [0, 0.05) is 13.1 Å². The van der Waals surface area contributed by atoms with Gasteiger partial charge in [0.05, 0.1) is 25.6 Å². The van der Waals surface area contributed by atoms with E-state index in [2.05, 4.69) is 5.32 Å². The second kappa shape index (κ2) is 6.72. The van der Waals surface area contributed by atoms with Crippen molar-refractivity contribution in [1.29, 1.82) is 0 Å². The Bertz CT molecular complexity index is 732. The van der Waals surface area contributed by atoms with E-state index in [1.165, 1.54) is 7.05 Å². The summed E-state index contributed by atoms with van der Waals surface area (Å²) in [6, 6.07) is 6.85. The lowest BCUT2D eigenvalue weighted by molar-refractivity contribution is -0.156. The van der Waals surface area contributed by atoms with Crippen molar-refractivity contribution in [3.8, 4) is 5.75 Å². The number of nitrogens with one attached hydrogen (secondary N) is 1. The van der Waals surface area contributed by atoms with Crippen LogP contribution in [0.2, 0.25) is 0 Å². The van der Waals surface area contributed by atoms with E-state index >= 15 is 0 Å². The fraction of sp³-hybridized carbons (Fsp3) is 0.526. The van der Waals surface area contributed by atoms with E-state index in [0.29, 0.717) is 12.2 Å². The fourth-order valence-corrected chi connectivity index (χ4v) is 4.16. The molecule has 0 spiro atoms. The molecule has 0 aromatic heterocycles. The quantitative estimate of drug-likeness (QED) is 0.629. The van der Waals surface area contributed by atoms with Gasteiger partial charge in [0.1, 0.15) is 11.3 Å². The maximum atomic E-state index is 12.8. The standard InChI is InChI=1S/C19H24N2O5/c1-5-19(18(24)26-6-2)14-13(16(22)21(3)17(14)23)15(20-19)11-7-9-12(25-4)10-8-11/h7-10,13-15,20H,5-6H2,1-4H3/t13-,14-,15-,19-/m1/s1. The second-order valence-corrected chi connectivity index (χ2v) is 6.68. The summed E-state index contributed by atoms with van der Waals surface area (Å²) < 4.78 is 10.4. The summed E-state index contributed by atoms with van der Waals surface area (Å²) in [4.78, 5) is 39.5. The van der Waals surface area contributed by atoms with Gasteiger partial charge in [-0.15, -0.1) is 0 Å². The molecule has 4 atom stereocenters. The van der Waals surface area contributed by atoms with E-state index in [-0.39, 0.29) is 18.4 Å². The zero-order valence-corrected chi connectivity index (χ0v) is 15.4. The average Bonchev–Trinajstić information content (AvgIpc) is 3.12. The van der Waals surface area contributed by atoms with Crippen molar-refractivity contribution in [3.05, 3.63) is 29.8 Å². The van der Waals surface area contributed by atoms with Crippen LogP contribution in [0.1, 0.15) is 31.9 Å². The van der Waals surface area contributed by atoms with E-state index in [9.17, 15) is 14.4 Å². The number of methoxy groups -OCH3 is 1. The molecule has 3 rings (SSSR count). The second-order valence-electron chi connectivity index (χ2n) is 6.68. The van der Waals surface area contributed by atoms with E-state index in [1.54, 1.807) is 26.2 Å². The summed E-state index contributed by atoms with van der Waals surface area (Å²) >= 11 is 0. The maximum absolute atomic E-state index is 12.8. The predicted molar refractivity (Wildman–Crippen MR) is 93.3 cm³/mol. The van der Waals surface area contributed by atoms with Crippen molar-refractivity contribution in [2.75, 3.05) is 20.8 Å². The summed E-state index contributed by atoms with van der Waals surface area (Å²) in [5, 5.41) is 3.29. The molecule has 7 nitrogen and oxygen atoms in total. The van der Waals surface area contributed by atoms with Crippen molar-refractivity contribution < 1.29 is 23.9 Å². The average molecular weight is 360 g/mol. The van der Waals surface area contributed by atoms with Crippen molar-refractivity contribution in [2.45, 2.75) is 31.8 Å². The van der Waals surface area contributed by atoms with E-state index in [1.807, 2.05) is 19.1 Å². The number of rotatable bonds is 5. The summed E-state index contributed by atoms with van der Waals surface area (Å²) in [5.74, 6) is -1.79. The van der Waals surface area contributed by atoms with E-state index < -0.39 is 29.4 Å². The van der Waals surface area contributed by atoms with Crippen LogP contribution in [0, 0.1) is 11.8 Å². The Morgan fingerprint density at radius 3 is 2.38 bits per heavy atom. The van der Waals surface area contributed by atoms with Crippen LogP contribution in [0.5, 0.6) is 5.75 Å². The Morgan fingerprint density at radius 1 is 1.19 bits per heavy atom. The lowest BCUT2D eigenvalue weighted by Crippen LogP contribution is -2.55. The van der Waals surface area contributed by atoms with Crippen LogP contribution in [0.3, 0.4) is 0 Å². The van der Waals surface area contributed by atoms with Gasteiger partial charge in [0.2, 0.25) is 11.8 Å². The first-order valence-corrected chi connectivity index (χ1v) is 8.81. The Hall–Kier alpha value is -2.41. The smallest absolute Gasteiger partial charge is 0.327 e. The number of carbonyl (C=O) groups is 3. The monoisotopic (exact) mass is 360 g/mol. The zero-order chi connectivity index (χ0) is 19.1. The highest BCUT2D eigenvalue weighted by atomic mass is 16.5. The Balaban J connectivity index is 2.07. The molecule has 2 aliphatic rings. The summed E-state index contributed by atoms with van der Waals surface area (Å²) in [6.45, 7) is 3.76. The molecule has 2 aliphatic heterocycles. The van der Waals surface area contributed by atoms with Crippen LogP contribution in [-0.4, -0.2) is 49.0 Å². The Labute approximate surface area is 152 Å². The number of ether oxygens (including phenoxy) is 2. The van der Waals surface area contributed by atoms with Gasteiger partial charge in [0.15, 0.2) is 0 Å². The molecule has 0 radical (unpaired) electrons. The van der Waals surface area contributed by atoms with Crippen LogP contribution in [0.15, 0.2) is 24.3 Å². The number of carbonyl (C=O) groups excluding carboxylic acids is 3. The summed E-state index contributed by atoms with van der Waals surface area (Å²) in [6.07, 6.45) is 0.354. The molecule has 2 saturated heterocycles. The van der Waals surface area contributed by atoms with Crippen molar-refractivity contribution in [1.82, 2.24) is 10.2 Å². The molecule has 2 amide bonds. The maximum Gasteiger partial charge on any atom is 0.327 e. The minimum atomic E-state index is -1.21. The third kappa shape index (κ3) is 2.49. The Morgan fingerprint density at radius 2 is 1.85 bits per heavy atom. The first-order valence-electron chi connectivity index (χ1n) is 8.81. The largest absolute Gasteiger partial charge is 0.497 e. The number of nitrogens with zero attached hydrogens (tertiary/aromatic N) is 1. The fourth-order valence-electron chi connectivity index (χ4n) is 4.16. The van der Waals surface area contributed by atoms with Crippen molar-refractivity contribution in [3.63, 3.8) is 0 Å². The van der Waals surface area contributed by atoms with Crippen LogP contribution < -0.4 is 10.1 Å². The summed E-state index contributed by atoms with van der Waals surface area (Å²) in [5.41, 5.74) is -0.375. The van der Waals surface area contributed by atoms with E-state index in [4.69, 9.17) is 9.47 Å². The molecule has 2 fully saturated rings. The zero-order valence-electron chi connectivity index (χ0n) is 15.4. The highest BCUT2D eigenvalue weighted by Gasteiger charge is 2.67. The van der Waals surface area contributed by atoms with Gasteiger partial charge in [-0.1, -0.05) is 19.1 Å². The molecule has 0 unspecified atom stereocenters. The molecular formula is C19H24N2O5. The van der Waals surface area contributed by atoms with Gasteiger partial charge in [0.25, 0.3) is 0 Å². The molecule has 140 valence electrons. The number of hydrogen-bond acceptors (Lipinski definition) is 6. The summed E-state index contributed by atoms with van der Waals surface area (Å²) in [7, 11) is 3.05. The van der Waals surface area contributed by atoms with Crippen molar-refractivity contribution >= 4 is 17.8 Å². The molecule has 0 bridgehead atoms. The SMILES string of the molecule is CCOC(=O)[C@]1(CC)N[C@H](c2ccc(OC)cc2)[C@@H]2C(=O)N(C)C(=O)[C@@H]21. The number of esters is 1. The number of benzene rings is 1. The molecule has 7 heteroatoms. The lowest BCUT2D eigenvalue weighted by Gasteiger charge is -2.31. The van der Waals surface area contributed by atoms with Gasteiger partial charge in [-0.25, -0.2) is 0 Å². The normalized spacial score (nSPS) is 30.5. The van der Waals surface area contributed by atoms with Crippen LogP contribution >= 0.6 is 0 Å². The topological polar surface area (TPSA) is 84.9 Å². The first kappa shape index (κ1) is 18.4.